The number of piperidine rings is 1. The van der Waals surface area contributed by atoms with Gasteiger partial charge in [-0.25, -0.2) is 4.98 Å². The van der Waals surface area contributed by atoms with Gasteiger partial charge >= 0.3 is 0 Å². The third-order valence-corrected chi connectivity index (χ3v) is 4.91. The van der Waals surface area contributed by atoms with Gasteiger partial charge < -0.3 is 15.4 Å². The second-order valence-corrected chi connectivity index (χ2v) is 6.56. The highest BCUT2D eigenvalue weighted by molar-refractivity contribution is 9.10. The van der Waals surface area contributed by atoms with E-state index in [1.807, 2.05) is 18.2 Å². The van der Waals surface area contributed by atoms with Crippen molar-refractivity contribution in [2.24, 2.45) is 5.73 Å². The van der Waals surface area contributed by atoms with Crippen LogP contribution in [-0.2, 0) is 0 Å². The van der Waals surface area contributed by atoms with Gasteiger partial charge in [0.25, 0.3) is 0 Å². The van der Waals surface area contributed by atoms with Crippen LogP contribution in [0.4, 0.5) is 5.95 Å². The molecule has 1 saturated heterocycles. The van der Waals surface area contributed by atoms with E-state index < -0.39 is 0 Å². The van der Waals surface area contributed by atoms with Crippen molar-refractivity contribution in [3.05, 3.63) is 40.6 Å². The first-order valence-electron chi connectivity index (χ1n) is 7.32. The lowest BCUT2D eigenvalue weighted by atomic mass is 9.83. The molecule has 1 unspecified atom stereocenters. The number of fused-ring (bicyclic) bond motifs is 1. The maximum absolute atomic E-state index is 6.47. The molecule has 1 fully saturated rings. The number of ether oxygens (including phenoxy) is 1. The summed E-state index contributed by atoms with van der Waals surface area (Å²) in [7, 11) is 0. The molecule has 114 valence electrons. The number of nitrogens with zero attached hydrogens (tertiary/aromatic N) is 4. The minimum absolute atomic E-state index is 0.0742. The van der Waals surface area contributed by atoms with Crippen LogP contribution in [0.25, 0.3) is 0 Å². The van der Waals surface area contributed by atoms with Crippen molar-refractivity contribution in [3.63, 3.8) is 0 Å². The van der Waals surface area contributed by atoms with Crippen LogP contribution in [0.3, 0.4) is 0 Å². The first-order valence-corrected chi connectivity index (χ1v) is 8.11. The van der Waals surface area contributed by atoms with E-state index in [-0.39, 0.29) is 11.6 Å². The van der Waals surface area contributed by atoms with Crippen molar-refractivity contribution in [2.75, 3.05) is 18.0 Å². The molecule has 1 spiro atoms. The van der Waals surface area contributed by atoms with Gasteiger partial charge in [-0.1, -0.05) is 18.2 Å². The van der Waals surface area contributed by atoms with E-state index in [1.54, 1.807) is 6.20 Å². The number of hydrogen-bond acceptors (Lipinski definition) is 6. The molecule has 2 aliphatic heterocycles. The van der Waals surface area contributed by atoms with Gasteiger partial charge in [-0.3, -0.25) is 0 Å². The van der Waals surface area contributed by atoms with Crippen LogP contribution in [0.5, 0.6) is 5.75 Å². The largest absolute Gasteiger partial charge is 0.485 e. The number of nitrogens with two attached hydrogens (primary N) is 1. The van der Waals surface area contributed by atoms with E-state index in [2.05, 4.69) is 42.1 Å². The zero-order chi connectivity index (χ0) is 15.2. The van der Waals surface area contributed by atoms with Gasteiger partial charge in [-0.15, -0.1) is 10.2 Å². The van der Waals surface area contributed by atoms with Crippen LogP contribution >= 0.6 is 15.9 Å². The number of aromatic nitrogens is 3. The van der Waals surface area contributed by atoms with Gasteiger partial charge in [0, 0.05) is 31.5 Å². The predicted octanol–water partition coefficient (Wildman–Crippen LogP) is 2.07. The second kappa shape index (κ2) is 5.17. The standard InChI is InChI=1S/C15H16BrN5O/c16-12-9-18-14(20-19-12)21-7-5-15(6-8-21)13(17)10-3-1-2-4-11(10)22-15/h1-4,9,13H,5-8,17H2. The molecule has 2 aliphatic rings. The van der Waals surface area contributed by atoms with Gasteiger partial charge in [0.1, 0.15) is 16.0 Å². The lowest BCUT2D eigenvalue weighted by Crippen LogP contribution is -2.51. The van der Waals surface area contributed by atoms with Crippen LogP contribution in [-0.4, -0.2) is 33.9 Å². The highest BCUT2D eigenvalue weighted by atomic mass is 79.9. The zero-order valence-corrected chi connectivity index (χ0v) is 13.5. The van der Waals surface area contributed by atoms with Gasteiger partial charge in [0.05, 0.1) is 12.2 Å². The molecule has 4 rings (SSSR count). The van der Waals surface area contributed by atoms with E-state index in [0.29, 0.717) is 10.6 Å². The predicted molar refractivity (Wildman–Crippen MR) is 85.7 cm³/mol. The Morgan fingerprint density at radius 2 is 2.00 bits per heavy atom. The van der Waals surface area contributed by atoms with Crippen LogP contribution in [0.2, 0.25) is 0 Å². The molecule has 2 N–H and O–H groups in total. The summed E-state index contributed by atoms with van der Waals surface area (Å²) in [5.74, 6) is 1.58. The van der Waals surface area contributed by atoms with Gasteiger partial charge in [0.2, 0.25) is 5.95 Å². The first kappa shape index (κ1) is 13.9. The Balaban J connectivity index is 1.52. The summed E-state index contributed by atoms with van der Waals surface area (Å²) in [6.07, 6.45) is 3.37. The molecular formula is C15H16BrN5O. The molecule has 0 radical (unpaired) electrons. The van der Waals surface area contributed by atoms with E-state index in [9.17, 15) is 0 Å². The SMILES string of the molecule is NC1c2ccccc2OC12CCN(c1ncc(Br)nn1)CC2. The molecule has 6 nitrogen and oxygen atoms in total. The number of benzene rings is 1. The van der Waals surface area contributed by atoms with Gasteiger partial charge in [-0.05, 0) is 22.0 Å². The van der Waals surface area contributed by atoms with Crippen molar-refractivity contribution < 1.29 is 4.74 Å². The average Bonchev–Trinajstić information content (AvgIpc) is 2.82. The van der Waals surface area contributed by atoms with E-state index in [4.69, 9.17) is 10.5 Å². The third kappa shape index (κ3) is 2.16. The van der Waals surface area contributed by atoms with E-state index >= 15 is 0 Å². The molecule has 1 atom stereocenters. The summed E-state index contributed by atoms with van der Waals surface area (Å²) in [4.78, 5) is 6.44. The topological polar surface area (TPSA) is 77.2 Å². The molecule has 2 aromatic rings. The van der Waals surface area contributed by atoms with Gasteiger partial charge in [-0.2, -0.15) is 0 Å². The number of anilines is 1. The highest BCUT2D eigenvalue weighted by Gasteiger charge is 2.48. The minimum Gasteiger partial charge on any atom is -0.485 e. The Morgan fingerprint density at radius 1 is 1.23 bits per heavy atom. The normalized spacial score (nSPS) is 22.5. The molecule has 1 aromatic carbocycles. The Hall–Kier alpha value is -1.73. The Morgan fingerprint density at radius 3 is 2.68 bits per heavy atom. The summed E-state index contributed by atoms with van der Waals surface area (Å²) in [6, 6.07) is 7.98. The van der Waals surface area contributed by atoms with Crippen molar-refractivity contribution >= 4 is 21.9 Å². The number of halogens is 1. The molecule has 0 amide bonds. The zero-order valence-electron chi connectivity index (χ0n) is 11.9. The molecule has 0 bridgehead atoms. The molecule has 1 aromatic heterocycles. The van der Waals surface area contributed by atoms with Crippen LogP contribution in [0.15, 0.2) is 35.1 Å². The lowest BCUT2D eigenvalue weighted by molar-refractivity contribution is 0.0429. The van der Waals surface area contributed by atoms with Crippen LogP contribution < -0.4 is 15.4 Å². The van der Waals surface area contributed by atoms with Crippen LogP contribution in [0.1, 0.15) is 24.4 Å². The maximum Gasteiger partial charge on any atom is 0.245 e. The molecule has 0 saturated carbocycles. The number of para-hydroxylation sites is 1. The summed E-state index contributed by atoms with van der Waals surface area (Å²) in [5.41, 5.74) is 7.27. The minimum atomic E-state index is -0.303. The Kier molecular flexibility index (Phi) is 3.27. The fourth-order valence-electron chi connectivity index (χ4n) is 3.29. The summed E-state index contributed by atoms with van der Waals surface area (Å²) < 4.78 is 6.88. The summed E-state index contributed by atoms with van der Waals surface area (Å²) >= 11 is 3.25. The van der Waals surface area contributed by atoms with Crippen molar-refractivity contribution in [2.45, 2.75) is 24.5 Å². The van der Waals surface area contributed by atoms with Crippen molar-refractivity contribution in [3.8, 4) is 5.75 Å². The Bertz CT molecular complexity index is 685. The first-order chi connectivity index (χ1) is 10.7. The highest BCUT2D eigenvalue weighted by Crippen LogP contribution is 2.46. The molecule has 3 heterocycles. The third-order valence-electron chi connectivity index (χ3n) is 4.55. The van der Waals surface area contributed by atoms with E-state index in [1.165, 1.54) is 0 Å². The van der Waals surface area contributed by atoms with Crippen molar-refractivity contribution in [1.82, 2.24) is 15.2 Å². The quantitative estimate of drug-likeness (QED) is 0.837. The number of rotatable bonds is 1. The fourth-order valence-corrected chi connectivity index (χ4v) is 3.48. The number of hydrogen-bond donors (Lipinski definition) is 1. The lowest BCUT2D eigenvalue weighted by Gasteiger charge is -2.40. The smallest absolute Gasteiger partial charge is 0.245 e. The summed E-state index contributed by atoms with van der Waals surface area (Å²) in [5, 5.41) is 8.12. The molecule has 0 aliphatic carbocycles. The average molecular weight is 362 g/mol. The maximum atomic E-state index is 6.47. The summed E-state index contributed by atoms with van der Waals surface area (Å²) in [6.45, 7) is 1.62. The second-order valence-electron chi connectivity index (χ2n) is 5.75. The van der Waals surface area contributed by atoms with Crippen LogP contribution in [0, 0.1) is 0 Å². The van der Waals surface area contributed by atoms with Gasteiger partial charge in [0.15, 0.2) is 0 Å². The molecular weight excluding hydrogens is 346 g/mol. The molecule has 22 heavy (non-hydrogen) atoms. The Labute approximate surface area is 136 Å². The van der Waals surface area contributed by atoms with E-state index in [0.717, 1.165) is 37.2 Å². The fraction of sp³-hybridized carbons (Fsp3) is 0.400. The molecule has 7 heteroatoms. The van der Waals surface area contributed by atoms with Crippen molar-refractivity contribution in [1.29, 1.82) is 0 Å². The monoisotopic (exact) mass is 361 g/mol.